The summed E-state index contributed by atoms with van der Waals surface area (Å²) >= 11 is 6.11. The number of imidazole rings is 1. The number of hydrogen-bond acceptors (Lipinski definition) is 2. The summed E-state index contributed by atoms with van der Waals surface area (Å²) in [6.07, 6.45) is 0.517. The second kappa shape index (κ2) is 4.68. The summed E-state index contributed by atoms with van der Waals surface area (Å²) in [4.78, 5) is 4.24. The van der Waals surface area contributed by atoms with Crippen molar-refractivity contribution in [1.82, 2.24) is 9.55 Å². The summed E-state index contributed by atoms with van der Waals surface area (Å²) in [7, 11) is 1.91. The molecule has 0 bridgehead atoms. The molecule has 4 heteroatoms. The zero-order valence-corrected chi connectivity index (χ0v) is 9.78. The smallest absolute Gasteiger partial charge is 0.155 e. The number of hydrogen-bond donors (Lipinski definition) is 1. The van der Waals surface area contributed by atoms with Crippen LogP contribution in [0.3, 0.4) is 0 Å². The maximum Gasteiger partial charge on any atom is 0.155 e. The molecule has 1 heterocycles. The number of benzene rings is 1. The Bertz CT molecular complexity index is 479. The molecule has 0 fully saturated rings. The van der Waals surface area contributed by atoms with Crippen LogP contribution in [-0.2, 0) is 13.5 Å². The van der Waals surface area contributed by atoms with Crippen LogP contribution in [0.2, 0.25) is 5.15 Å². The lowest BCUT2D eigenvalue weighted by Gasteiger charge is -2.05. The van der Waals surface area contributed by atoms with Crippen molar-refractivity contribution >= 4 is 11.6 Å². The van der Waals surface area contributed by atoms with Gasteiger partial charge in [-0.2, -0.15) is 0 Å². The fourth-order valence-corrected chi connectivity index (χ4v) is 2.07. The van der Waals surface area contributed by atoms with Crippen molar-refractivity contribution in [2.24, 2.45) is 7.05 Å². The third-order valence-corrected chi connectivity index (χ3v) is 2.79. The lowest BCUT2D eigenvalue weighted by molar-refractivity contribution is 0.295. The fourth-order valence-electron chi connectivity index (χ4n) is 1.74. The highest BCUT2D eigenvalue weighted by Gasteiger charge is 2.13. The predicted octanol–water partition coefficient (Wildman–Crippen LogP) is 2.28. The molecular weight excluding hydrogens is 224 g/mol. The van der Waals surface area contributed by atoms with Crippen molar-refractivity contribution < 1.29 is 5.11 Å². The van der Waals surface area contributed by atoms with Crippen molar-refractivity contribution in [3.63, 3.8) is 0 Å². The van der Waals surface area contributed by atoms with Gasteiger partial charge in [-0.15, -0.1) is 0 Å². The minimum atomic E-state index is 0.0788. The summed E-state index contributed by atoms with van der Waals surface area (Å²) in [5.41, 5.74) is 1.93. The number of halogens is 1. The molecule has 0 aliphatic heterocycles. The van der Waals surface area contributed by atoms with Crippen molar-refractivity contribution in [2.75, 3.05) is 6.61 Å². The minimum Gasteiger partial charge on any atom is -0.396 e. The average Bonchev–Trinajstić information content (AvgIpc) is 2.56. The van der Waals surface area contributed by atoms with Crippen molar-refractivity contribution in [1.29, 1.82) is 0 Å². The van der Waals surface area contributed by atoms with Gasteiger partial charge in [-0.1, -0.05) is 41.9 Å². The number of aliphatic hydroxyl groups excluding tert-OH is 1. The van der Waals surface area contributed by atoms with Gasteiger partial charge in [0.25, 0.3) is 0 Å². The van der Waals surface area contributed by atoms with Crippen molar-refractivity contribution in [3.05, 3.63) is 41.3 Å². The molecular formula is C12H13ClN2O. The van der Waals surface area contributed by atoms with Crippen molar-refractivity contribution in [2.45, 2.75) is 6.42 Å². The predicted molar refractivity (Wildman–Crippen MR) is 64.4 cm³/mol. The third kappa shape index (κ3) is 1.96. The normalized spacial score (nSPS) is 10.7. The van der Waals surface area contributed by atoms with E-state index in [9.17, 15) is 0 Å². The zero-order chi connectivity index (χ0) is 11.5. The van der Waals surface area contributed by atoms with Gasteiger partial charge in [0.1, 0.15) is 5.82 Å². The van der Waals surface area contributed by atoms with Gasteiger partial charge in [0, 0.05) is 19.0 Å². The summed E-state index contributed by atoms with van der Waals surface area (Å²) < 4.78 is 1.92. The number of nitrogens with zero attached hydrogens (tertiary/aromatic N) is 2. The molecule has 2 aromatic rings. The molecule has 1 N–H and O–H groups in total. The molecule has 0 saturated heterocycles. The molecule has 1 aromatic heterocycles. The van der Waals surface area contributed by atoms with Crippen LogP contribution in [-0.4, -0.2) is 21.3 Å². The molecule has 0 atom stereocenters. The number of aromatic nitrogens is 2. The third-order valence-electron chi connectivity index (χ3n) is 2.53. The summed E-state index contributed by atoms with van der Waals surface area (Å²) in [5.74, 6) is 0.798. The highest BCUT2D eigenvalue weighted by atomic mass is 35.5. The highest BCUT2D eigenvalue weighted by molar-refractivity contribution is 6.32. The van der Waals surface area contributed by atoms with Crippen LogP contribution in [0.1, 0.15) is 5.82 Å². The van der Waals surface area contributed by atoms with E-state index in [1.54, 1.807) is 0 Å². The first kappa shape index (κ1) is 11.2. The van der Waals surface area contributed by atoms with Gasteiger partial charge in [0.2, 0.25) is 0 Å². The van der Waals surface area contributed by atoms with Gasteiger partial charge in [0.05, 0.1) is 12.3 Å². The standard InChI is InChI=1S/C12H13ClN2O/c1-15-10(7-8-16)14-12(13)11(15)9-5-3-2-4-6-9/h2-6,16H,7-8H2,1H3. The summed E-state index contributed by atoms with van der Waals surface area (Å²) in [6.45, 7) is 0.0788. The minimum absolute atomic E-state index is 0.0788. The van der Waals surface area contributed by atoms with Crippen LogP contribution in [0.15, 0.2) is 30.3 Å². The molecule has 0 unspecified atom stereocenters. The van der Waals surface area contributed by atoms with Crippen LogP contribution >= 0.6 is 11.6 Å². The van der Waals surface area contributed by atoms with Crippen molar-refractivity contribution in [3.8, 4) is 11.3 Å². The molecule has 0 amide bonds. The lowest BCUT2D eigenvalue weighted by atomic mass is 10.2. The maximum atomic E-state index is 8.92. The fraction of sp³-hybridized carbons (Fsp3) is 0.250. The molecule has 16 heavy (non-hydrogen) atoms. The quantitative estimate of drug-likeness (QED) is 0.888. The molecule has 0 aliphatic carbocycles. The van der Waals surface area contributed by atoms with E-state index in [1.807, 2.05) is 41.9 Å². The van der Waals surface area contributed by atoms with Crippen LogP contribution in [0.25, 0.3) is 11.3 Å². The summed E-state index contributed by atoms with van der Waals surface area (Å²) in [6, 6.07) is 9.87. The maximum absolute atomic E-state index is 8.92. The van der Waals surface area contributed by atoms with E-state index in [-0.39, 0.29) is 6.61 Å². The van der Waals surface area contributed by atoms with Gasteiger partial charge >= 0.3 is 0 Å². The Labute approximate surface area is 99.3 Å². The second-order valence-corrected chi connectivity index (χ2v) is 3.92. The van der Waals surface area contributed by atoms with Gasteiger partial charge in [-0.05, 0) is 0 Å². The molecule has 0 spiro atoms. The van der Waals surface area contributed by atoms with Crippen LogP contribution in [0.5, 0.6) is 0 Å². The second-order valence-electron chi connectivity index (χ2n) is 3.57. The van der Waals surface area contributed by atoms with E-state index in [0.717, 1.165) is 17.1 Å². The topological polar surface area (TPSA) is 38.0 Å². The van der Waals surface area contributed by atoms with Crippen LogP contribution in [0, 0.1) is 0 Å². The van der Waals surface area contributed by atoms with E-state index >= 15 is 0 Å². The van der Waals surface area contributed by atoms with E-state index in [2.05, 4.69) is 4.98 Å². The Balaban J connectivity index is 2.49. The molecule has 3 nitrogen and oxygen atoms in total. The lowest BCUT2D eigenvalue weighted by Crippen LogP contribution is -2.02. The first-order chi connectivity index (χ1) is 7.74. The Morgan fingerprint density at radius 1 is 1.31 bits per heavy atom. The Hall–Kier alpha value is -1.32. The molecule has 0 saturated carbocycles. The van der Waals surface area contributed by atoms with Crippen LogP contribution in [0.4, 0.5) is 0 Å². The van der Waals surface area contributed by atoms with Gasteiger partial charge in [-0.3, -0.25) is 0 Å². The van der Waals surface area contributed by atoms with Crippen LogP contribution < -0.4 is 0 Å². The Kier molecular flexibility index (Phi) is 3.27. The molecule has 0 aliphatic rings. The SMILES string of the molecule is Cn1c(CCO)nc(Cl)c1-c1ccccc1. The Morgan fingerprint density at radius 3 is 2.62 bits per heavy atom. The first-order valence-corrected chi connectivity index (χ1v) is 5.49. The van der Waals surface area contributed by atoms with Gasteiger partial charge in [-0.25, -0.2) is 4.98 Å². The van der Waals surface area contributed by atoms with Gasteiger partial charge < -0.3 is 9.67 Å². The van der Waals surface area contributed by atoms with E-state index < -0.39 is 0 Å². The number of rotatable bonds is 3. The van der Waals surface area contributed by atoms with E-state index in [1.165, 1.54) is 0 Å². The molecule has 84 valence electrons. The Morgan fingerprint density at radius 2 is 2.00 bits per heavy atom. The summed E-state index contributed by atoms with van der Waals surface area (Å²) in [5, 5.41) is 9.40. The van der Waals surface area contributed by atoms with E-state index in [0.29, 0.717) is 11.6 Å². The highest BCUT2D eigenvalue weighted by Crippen LogP contribution is 2.27. The largest absolute Gasteiger partial charge is 0.396 e. The zero-order valence-electron chi connectivity index (χ0n) is 9.02. The molecule has 0 radical (unpaired) electrons. The van der Waals surface area contributed by atoms with E-state index in [4.69, 9.17) is 16.7 Å². The number of aliphatic hydroxyl groups is 1. The van der Waals surface area contributed by atoms with Gasteiger partial charge in [0.15, 0.2) is 5.15 Å². The molecule has 2 rings (SSSR count). The average molecular weight is 237 g/mol. The first-order valence-electron chi connectivity index (χ1n) is 5.11. The monoisotopic (exact) mass is 236 g/mol. The molecule has 1 aromatic carbocycles.